The first-order valence-corrected chi connectivity index (χ1v) is 7.82. The van der Waals surface area contributed by atoms with E-state index in [2.05, 4.69) is 5.32 Å². The Kier molecular flexibility index (Phi) is 6.26. The third kappa shape index (κ3) is 4.76. The fourth-order valence-electron chi connectivity index (χ4n) is 2.03. The van der Waals surface area contributed by atoms with Gasteiger partial charge in [0.05, 0.1) is 23.4 Å². The Morgan fingerprint density at radius 3 is 2.75 bits per heavy atom. The van der Waals surface area contributed by atoms with Gasteiger partial charge in [0, 0.05) is 7.05 Å². The van der Waals surface area contributed by atoms with Gasteiger partial charge in [0.2, 0.25) is 5.91 Å². The number of carbonyl (C=O) groups excluding carboxylic acids is 2. The maximum absolute atomic E-state index is 12.3. The second kappa shape index (κ2) is 8.40. The summed E-state index contributed by atoms with van der Waals surface area (Å²) in [5, 5.41) is 3.15. The minimum Gasteiger partial charge on any atom is -0.490 e. The van der Waals surface area contributed by atoms with E-state index in [1.165, 1.54) is 23.5 Å². The molecule has 1 N–H and O–H groups in total. The SMILES string of the molecule is C[C@@H](NC(=O)c1ccoc1)C(=O)N(C)CCOc1ccccc1Cl. The highest BCUT2D eigenvalue weighted by atomic mass is 35.5. The molecule has 0 aliphatic carbocycles. The molecule has 1 heterocycles. The standard InChI is InChI=1S/C17H19ClN2O4/c1-12(19-16(21)13-7-9-23-11-13)17(22)20(2)8-10-24-15-6-4-3-5-14(15)18/h3-7,9,11-12H,8,10H2,1-2H3,(H,19,21)/t12-/m1/s1. The molecule has 1 aromatic heterocycles. The second-order valence-electron chi connectivity index (χ2n) is 5.25. The number of nitrogens with zero attached hydrogens (tertiary/aromatic N) is 1. The summed E-state index contributed by atoms with van der Waals surface area (Å²) in [4.78, 5) is 25.7. The van der Waals surface area contributed by atoms with Crippen LogP contribution in [0.3, 0.4) is 0 Å². The number of carbonyl (C=O) groups is 2. The zero-order valence-electron chi connectivity index (χ0n) is 13.5. The van der Waals surface area contributed by atoms with E-state index >= 15 is 0 Å². The third-order valence-electron chi connectivity index (χ3n) is 3.40. The molecule has 7 heteroatoms. The first-order valence-electron chi connectivity index (χ1n) is 7.44. The summed E-state index contributed by atoms with van der Waals surface area (Å²) in [6.07, 6.45) is 2.73. The lowest BCUT2D eigenvalue weighted by molar-refractivity contribution is -0.131. The highest BCUT2D eigenvalue weighted by Gasteiger charge is 2.20. The van der Waals surface area contributed by atoms with E-state index in [-0.39, 0.29) is 11.8 Å². The van der Waals surface area contributed by atoms with Crippen molar-refractivity contribution >= 4 is 23.4 Å². The van der Waals surface area contributed by atoms with Crippen LogP contribution in [0.1, 0.15) is 17.3 Å². The van der Waals surface area contributed by atoms with Crippen LogP contribution in [-0.2, 0) is 4.79 Å². The van der Waals surface area contributed by atoms with Crippen molar-refractivity contribution < 1.29 is 18.7 Å². The fourth-order valence-corrected chi connectivity index (χ4v) is 2.22. The quantitative estimate of drug-likeness (QED) is 0.833. The third-order valence-corrected chi connectivity index (χ3v) is 3.71. The van der Waals surface area contributed by atoms with E-state index in [0.717, 1.165) is 0 Å². The zero-order valence-corrected chi connectivity index (χ0v) is 14.2. The monoisotopic (exact) mass is 350 g/mol. The molecule has 0 aliphatic heterocycles. The molecule has 1 aromatic carbocycles. The largest absolute Gasteiger partial charge is 0.490 e. The molecule has 2 rings (SSSR count). The molecule has 0 aliphatic rings. The van der Waals surface area contributed by atoms with Crippen LogP contribution in [-0.4, -0.2) is 43.0 Å². The molecule has 2 amide bonds. The average molecular weight is 351 g/mol. The van der Waals surface area contributed by atoms with E-state index in [0.29, 0.717) is 29.5 Å². The van der Waals surface area contributed by atoms with Crippen LogP contribution >= 0.6 is 11.6 Å². The topological polar surface area (TPSA) is 71.8 Å². The number of hydrogen-bond donors (Lipinski definition) is 1. The van der Waals surface area contributed by atoms with Crippen molar-refractivity contribution in [3.05, 3.63) is 53.4 Å². The van der Waals surface area contributed by atoms with Crippen molar-refractivity contribution in [2.24, 2.45) is 0 Å². The molecule has 0 unspecified atom stereocenters. The summed E-state index contributed by atoms with van der Waals surface area (Å²) in [5.41, 5.74) is 0.374. The van der Waals surface area contributed by atoms with Gasteiger partial charge in [0.1, 0.15) is 24.7 Å². The molecular weight excluding hydrogens is 332 g/mol. The molecule has 0 spiro atoms. The Labute approximate surface area is 145 Å². The van der Waals surface area contributed by atoms with E-state index in [4.69, 9.17) is 20.8 Å². The van der Waals surface area contributed by atoms with Gasteiger partial charge in [0.15, 0.2) is 0 Å². The van der Waals surface area contributed by atoms with Crippen molar-refractivity contribution in [3.8, 4) is 5.75 Å². The lowest BCUT2D eigenvalue weighted by atomic mass is 10.2. The smallest absolute Gasteiger partial charge is 0.255 e. The molecule has 1 atom stereocenters. The maximum atomic E-state index is 12.3. The van der Waals surface area contributed by atoms with Crippen molar-refractivity contribution in [1.82, 2.24) is 10.2 Å². The van der Waals surface area contributed by atoms with Crippen LogP contribution in [0.2, 0.25) is 5.02 Å². The zero-order chi connectivity index (χ0) is 17.5. The first kappa shape index (κ1) is 17.9. The molecule has 0 radical (unpaired) electrons. The molecule has 2 aromatic rings. The normalized spacial score (nSPS) is 11.6. The number of para-hydroxylation sites is 1. The van der Waals surface area contributed by atoms with Gasteiger partial charge < -0.3 is 19.4 Å². The van der Waals surface area contributed by atoms with Crippen LogP contribution in [0.5, 0.6) is 5.75 Å². The van der Waals surface area contributed by atoms with Crippen molar-refractivity contribution in [2.75, 3.05) is 20.2 Å². The highest BCUT2D eigenvalue weighted by Crippen LogP contribution is 2.22. The van der Waals surface area contributed by atoms with Crippen LogP contribution in [0.4, 0.5) is 0 Å². The molecule has 0 saturated carbocycles. The summed E-state index contributed by atoms with van der Waals surface area (Å²) in [6, 6.07) is 8.02. The van der Waals surface area contributed by atoms with E-state index in [1.807, 2.05) is 12.1 Å². The molecular formula is C17H19ClN2O4. The number of furan rings is 1. The van der Waals surface area contributed by atoms with E-state index < -0.39 is 6.04 Å². The molecule has 24 heavy (non-hydrogen) atoms. The number of likely N-dealkylation sites (N-methyl/N-ethyl adjacent to an activating group) is 1. The summed E-state index contributed by atoms with van der Waals surface area (Å²) in [5.74, 6) is 0.00115. The molecule has 0 saturated heterocycles. The minimum absolute atomic E-state index is 0.213. The molecule has 128 valence electrons. The fraction of sp³-hybridized carbons (Fsp3) is 0.294. The number of nitrogens with one attached hydrogen (secondary N) is 1. The predicted octanol–water partition coefficient (Wildman–Crippen LogP) is 2.59. The number of benzene rings is 1. The number of hydrogen-bond acceptors (Lipinski definition) is 4. The first-order chi connectivity index (χ1) is 11.5. The highest BCUT2D eigenvalue weighted by molar-refractivity contribution is 6.32. The van der Waals surface area contributed by atoms with Gasteiger partial charge in [-0.25, -0.2) is 0 Å². The second-order valence-corrected chi connectivity index (χ2v) is 5.65. The van der Waals surface area contributed by atoms with Crippen LogP contribution in [0, 0.1) is 0 Å². The van der Waals surface area contributed by atoms with E-state index in [1.54, 1.807) is 26.1 Å². The Morgan fingerprint density at radius 2 is 2.08 bits per heavy atom. The summed E-state index contributed by atoms with van der Waals surface area (Å²) in [6.45, 7) is 2.30. The molecule has 0 bridgehead atoms. The number of rotatable bonds is 7. The van der Waals surface area contributed by atoms with Crippen molar-refractivity contribution in [1.29, 1.82) is 0 Å². The lowest BCUT2D eigenvalue weighted by Crippen LogP contribution is -2.46. The van der Waals surface area contributed by atoms with Crippen LogP contribution in [0.15, 0.2) is 47.3 Å². The lowest BCUT2D eigenvalue weighted by Gasteiger charge is -2.22. The summed E-state index contributed by atoms with van der Waals surface area (Å²) < 4.78 is 10.4. The van der Waals surface area contributed by atoms with Gasteiger partial charge in [-0.3, -0.25) is 9.59 Å². The number of ether oxygens (including phenoxy) is 1. The Hall–Kier alpha value is -2.47. The number of halogens is 1. The van der Waals surface area contributed by atoms with Gasteiger partial charge in [0.25, 0.3) is 5.91 Å². The Balaban J connectivity index is 1.79. The maximum Gasteiger partial charge on any atom is 0.255 e. The summed E-state index contributed by atoms with van der Waals surface area (Å²) >= 11 is 6.00. The van der Waals surface area contributed by atoms with Crippen LogP contribution in [0.25, 0.3) is 0 Å². The minimum atomic E-state index is -0.655. The van der Waals surface area contributed by atoms with E-state index in [9.17, 15) is 9.59 Å². The van der Waals surface area contributed by atoms with Gasteiger partial charge in [-0.15, -0.1) is 0 Å². The average Bonchev–Trinajstić information content (AvgIpc) is 3.10. The van der Waals surface area contributed by atoms with Crippen LogP contribution < -0.4 is 10.1 Å². The Bertz CT molecular complexity index is 688. The van der Waals surface area contributed by atoms with Gasteiger partial charge in [-0.05, 0) is 25.1 Å². The van der Waals surface area contributed by atoms with Crippen molar-refractivity contribution in [3.63, 3.8) is 0 Å². The number of amides is 2. The predicted molar refractivity (Wildman–Crippen MR) is 90.2 cm³/mol. The molecule has 0 fully saturated rings. The Morgan fingerprint density at radius 1 is 1.33 bits per heavy atom. The van der Waals surface area contributed by atoms with Gasteiger partial charge in [-0.2, -0.15) is 0 Å². The van der Waals surface area contributed by atoms with Gasteiger partial charge in [-0.1, -0.05) is 23.7 Å². The molecule has 6 nitrogen and oxygen atoms in total. The van der Waals surface area contributed by atoms with Gasteiger partial charge >= 0.3 is 0 Å². The van der Waals surface area contributed by atoms with Crippen molar-refractivity contribution in [2.45, 2.75) is 13.0 Å². The summed E-state index contributed by atoms with van der Waals surface area (Å²) in [7, 11) is 1.65.